The lowest BCUT2D eigenvalue weighted by Crippen LogP contribution is -2.21. The van der Waals surface area contributed by atoms with Crippen LogP contribution in [0.4, 0.5) is 0 Å². The average Bonchev–Trinajstić information content (AvgIpc) is 2.96. The van der Waals surface area contributed by atoms with Gasteiger partial charge in [-0.1, -0.05) is 17.3 Å². The summed E-state index contributed by atoms with van der Waals surface area (Å²) in [4.78, 5) is 0. The van der Waals surface area contributed by atoms with Crippen LogP contribution in [0.15, 0.2) is 36.7 Å². The Bertz CT molecular complexity index is 524. The molecule has 1 N–H and O–H groups in total. The molecule has 1 aromatic heterocycles. The fraction of sp³-hybridized carbons (Fsp3) is 0.357. The first kappa shape index (κ1) is 13.2. The summed E-state index contributed by atoms with van der Waals surface area (Å²) in [7, 11) is 0. The molecule has 1 unspecified atom stereocenters. The fourth-order valence-electron chi connectivity index (χ4n) is 1.88. The lowest BCUT2D eigenvalue weighted by molar-refractivity contribution is 0.499. The molecule has 0 amide bonds. The average molecular weight is 255 g/mol. The van der Waals surface area contributed by atoms with E-state index < -0.39 is 0 Å². The van der Waals surface area contributed by atoms with E-state index in [1.165, 1.54) is 5.56 Å². The molecular weight excluding hydrogens is 238 g/mol. The molecule has 2 aromatic rings. The summed E-state index contributed by atoms with van der Waals surface area (Å²) in [5.41, 5.74) is 1.89. The topological polar surface area (TPSA) is 66.5 Å². The van der Waals surface area contributed by atoms with Gasteiger partial charge in [0, 0.05) is 18.8 Å². The lowest BCUT2D eigenvalue weighted by atomic mass is 10.1. The number of hydrogen-bond donors (Lipinski definition) is 1. The first-order valence-corrected chi connectivity index (χ1v) is 6.37. The van der Waals surface area contributed by atoms with E-state index in [0.29, 0.717) is 5.56 Å². The van der Waals surface area contributed by atoms with Crippen molar-refractivity contribution in [2.24, 2.45) is 0 Å². The van der Waals surface area contributed by atoms with Crippen LogP contribution in [-0.2, 0) is 6.54 Å². The molecule has 0 aliphatic carbocycles. The normalized spacial score (nSPS) is 12.0. The Morgan fingerprint density at radius 2 is 2.16 bits per heavy atom. The van der Waals surface area contributed by atoms with Crippen molar-refractivity contribution in [3.63, 3.8) is 0 Å². The Morgan fingerprint density at radius 3 is 2.79 bits per heavy atom. The van der Waals surface area contributed by atoms with Crippen LogP contribution in [-0.4, -0.2) is 21.5 Å². The zero-order valence-corrected chi connectivity index (χ0v) is 11.0. The monoisotopic (exact) mass is 255 g/mol. The highest BCUT2D eigenvalue weighted by molar-refractivity contribution is 5.32. The summed E-state index contributed by atoms with van der Waals surface area (Å²) < 4.78 is 1.83. The maximum absolute atomic E-state index is 8.75. The van der Waals surface area contributed by atoms with Crippen molar-refractivity contribution >= 4 is 0 Å². The third-order valence-electron chi connectivity index (χ3n) is 3.03. The summed E-state index contributed by atoms with van der Waals surface area (Å²) in [6.07, 6.45) is 4.56. The number of benzene rings is 1. The van der Waals surface area contributed by atoms with Gasteiger partial charge in [-0.25, -0.2) is 0 Å². The van der Waals surface area contributed by atoms with Gasteiger partial charge >= 0.3 is 0 Å². The van der Waals surface area contributed by atoms with Crippen molar-refractivity contribution in [1.82, 2.24) is 20.3 Å². The summed E-state index contributed by atoms with van der Waals surface area (Å²) in [6, 6.07) is 10.1. The number of rotatable bonds is 6. The Labute approximate surface area is 112 Å². The van der Waals surface area contributed by atoms with Crippen LogP contribution < -0.4 is 5.32 Å². The van der Waals surface area contributed by atoms with E-state index >= 15 is 0 Å². The number of hydrogen-bond acceptors (Lipinski definition) is 4. The van der Waals surface area contributed by atoms with Crippen LogP contribution in [0.2, 0.25) is 0 Å². The molecule has 0 aliphatic rings. The predicted molar refractivity (Wildman–Crippen MR) is 72.2 cm³/mol. The maximum atomic E-state index is 8.75. The zero-order chi connectivity index (χ0) is 13.5. The quantitative estimate of drug-likeness (QED) is 0.800. The summed E-state index contributed by atoms with van der Waals surface area (Å²) in [6.45, 7) is 3.91. The van der Waals surface area contributed by atoms with Gasteiger partial charge in [0.05, 0.1) is 17.8 Å². The van der Waals surface area contributed by atoms with Gasteiger partial charge in [0.15, 0.2) is 0 Å². The van der Waals surface area contributed by atoms with Gasteiger partial charge in [-0.3, -0.25) is 4.68 Å². The van der Waals surface area contributed by atoms with Crippen molar-refractivity contribution in [1.29, 1.82) is 5.26 Å². The second-order valence-electron chi connectivity index (χ2n) is 4.43. The molecule has 0 bridgehead atoms. The molecule has 0 aliphatic heterocycles. The smallest absolute Gasteiger partial charge is 0.0991 e. The van der Waals surface area contributed by atoms with E-state index in [2.05, 4.69) is 28.6 Å². The van der Waals surface area contributed by atoms with Crippen LogP contribution >= 0.6 is 0 Å². The molecule has 0 saturated carbocycles. The Kier molecular flexibility index (Phi) is 4.65. The minimum absolute atomic E-state index is 0.281. The van der Waals surface area contributed by atoms with Gasteiger partial charge in [-0.05, 0) is 37.6 Å². The number of aryl methyl sites for hydroxylation is 1. The van der Waals surface area contributed by atoms with Crippen molar-refractivity contribution < 1.29 is 0 Å². The zero-order valence-electron chi connectivity index (χ0n) is 11.0. The number of nitriles is 1. The second kappa shape index (κ2) is 6.66. The number of aromatic nitrogens is 3. The first-order chi connectivity index (χ1) is 9.29. The van der Waals surface area contributed by atoms with Crippen LogP contribution in [0.1, 0.15) is 30.5 Å². The molecule has 5 heteroatoms. The summed E-state index contributed by atoms with van der Waals surface area (Å²) in [5, 5.41) is 19.9. The highest BCUT2D eigenvalue weighted by atomic mass is 15.4. The Morgan fingerprint density at radius 1 is 1.37 bits per heavy atom. The molecule has 1 heterocycles. The number of nitrogens with one attached hydrogen (secondary N) is 1. The third kappa shape index (κ3) is 3.90. The minimum atomic E-state index is 0.281. The van der Waals surface area contributed by atoms with Gasteiger partial charge in [0.25, 0.3) is 0 Å². The molecule has 98 valence electrons. The molecule has 0 saturated heterocycles. The molecule has 0 spiro atoms. The third-order valence-corrected chi connectivity index (χ3v) is 3.03. The second-order valence-corrected chi connectivity index (χ2v) is 4.43. The van der Waals surface area contributed by atoms with Gasteiger partial charge in [0.1, 0.15) is 0 Å². The van der Waals surface area contributed by atoms with Crippen LogP contribution in [0, 0.1) is 11.3 Å². The molecule has 0 fully saturated rings. The lowest BCUT2D eigenvalue weighted by Gasteiger charge is -2.14. The number of nitrogens with zero attached hydrogens (tertiary/aromatic N) is 4. The van der Waals surface area contributed by atoms with Crippen LogP contribution in [0.3, 0.4) is 0 Å². The van der Waals surface area contributed by atoms with Crippen LogP contribution in [0.25, 0.3) is 0 Å². The Balaban J connectivity index is 1.74. The Hall–Kier alpha value is -2.19. The van der Waals surface area contributed by atoms with E-state index in [0.717, 1.165) is 19.5 Å². The molecule has 1 atom stereocenters. The summed E-state index contributed by atoms with van der Waals surface area (Å²) in [5.74, 6) is 0. The van der Waals surface area contributed by atoms with E-state index in [9.17, 15) is 0 Å². The van der Waals surface area contributed by atoms with Gasteiger partial charge < -0.3 is 5.32 Å². The molecule has 19 heavy (non-hydrogen) atoms. The maximum Gasteiger partial charge on any atom is 0.0991 e. The fourth-order valence-corrected chi connectivity index (χ4v) is 1.88. The van der Waals surface area contributed by atoms with Crippen molar-refractivity contribution in [3.8, 4) is 6.07 Å². The van der Waals surface area contributed by atoms with Gasteiger partial charge in [-0.15, -0.1) is 5.10 Å². The molecule has 5 nitrogen and oxygen atoms in total. The van der Waals surface area contributed by atoms with E-state index in [-0.39, 0.29) is 6.04 Å². The molecule has 2 rings (SSSR count). The SMILES string of the molecule is CC(NCCCn1ccnn1)c1ccc(C#N)cc1. The van der Waals surface area contributed by atoms with E-state index in [1.807, 2.05) is 35.1 Å². The van der Waals surface area contributed by atoms with Crippen molar-refractivity contribution in [3.05, 3.63) is 47.8 Å². The van der Waals surface area contributed by atoms with E-state index in [1.54, 1.807) is 6.20 Å². The summed E-state index contributed by atoms with van der Waals surface area (Å²) >= 11 is 0. The molecule has 0 radical (unpaired) electrons. The van der Waals surface area contributed by atoms with Crippen LogP contribution in [0.5, 0.6) is 0 Å². The highest BCUT2D eigenvalue weighted by Gasteiger charge is 2.04. The largest absolute Gasteiger partial charge is 0.310 e. The van der Waals surface area contributed by atoms with Gasteiger partial charge in [-0.2, -0.15) is 5.26 Å². The van der Waals surface area contributed by atoms with Gasteiger partial charge in [0.2, 0.25) is 0 Å². The minimum Gasteiger partial charge on any atom is -0.310 e. The van der Waals surface area contributed by atoms with E-state index in [4.69, 9.17) is 5.26 Å². The molecule has 1 aromatic carbocycles. The van der Waals surface area contributed by atoms with Crippen molar-refractivity contribution in [2.75, 3.05) is 6.54 Å². The molecular formula is C14H17N5. The highest BCUT2D eigenvalue weighted by Crippen LogP contribution is 2.12. The van der Waals surface area contributed by atoms with Crippen molar-refractivity contribution in [2.45, 2.75) is 25.9 Å². The standard InChI is InChI=1S/C14H17N5/c1-12(14-5-3-13(11-15)4-6-14)16-7-2-9-19-10-8-17-18-19/h3-6,8,10,12,16H,2,7,9H2,1H3. The predicted octanol–water partition coefficient (Wildman–Crippen LogP) is 1.89. The first-order valence-electron chi connectivity index (χ1n) is 6.37.